The lowest BCUT2D eigenvalue weighted by Crippen LogP contribution is -2.33. The molecule has 88 valence electrons. The Hall–Kier alpha value is -2.57. The fraction of sp³-hybridized carbons (Fsp3) is 0.100. The van der Waals surface area contributed by atoms with Crippen LogP contribution in [0.5, 0.6) is 0 Å². The molecule has 0 spiro atoms. The van der Waals surface area contributed by atoms with Crippen molar-refractivity contribution in [3.63, 3.8) is 0 Å². The molecule has 7 heteroatoms. The number of aromatic nitrogens is 2. The van der Waals surface area contributed by atoms with Gasteiger partial charge in [-0.3, -0.25) is 10.1 Å². The number of carboxylic acid groups (broad SMARTS) is 1. The van der Waals surface area contributed by atoms with Crippen molar-refractivity contribution in [2.75, 3.05) is 11.9 Å². The second-order valence-electron chi connectivity index (χ2n) is 3.30. The Morgan fingerprint density at radius 1 is 1.35 bits per heavy atom. The van der Waals surface area contributed by atoms with Crippen LogP contribution in [0.1, 0.15) is 0 Å². The molecule has 7 nitrogen and oxygen atoms in total. The van der Waals surface area contributed by atoms with E-state index in [9.17, 15) is 9.59 Å². The van der Waals surface area contributed by atoms with Crippen molar-refractivity contribution < 1.29 is 14.7 Å². The molecule has 0 bridgehead atoms. The standard InChI is InChI=1S/C10H10N4O3/c15-8(16)5-11-10(17)14-9-12-6-3-1-2-4-7(6)13-9/h1-4H,5H2,(H,15,16)(H3,11,12,13,14,17). The van der Waals surface area contributed by atoms with Crippen molar-refractivity contribution in [3.8, 4) is 0 Å². The number of anilines is 1. The van der Waals surface area contributed by atoms with Crippen LogP contribution in [-0.4, -0.2) is 33.6 Å². The van der Waals surface area contributed by atoms with Gasteiger partial charge in [-0.2, -0.15) is 0 Å². The third-order valence-electron chi connectivity index (χ3n) is 2.02. The highest BCUT2D eigenvalue weighted by atomic mass is 16.4. The number of hydrogen-bond donors (Lipinski definition) is 4. The third-order valence-corrected chi connectivity index (χ3v) is 2.02. The van der Waals surface area contributed by atoms with Gasteiger partial charge in [-0.25, -0.2) is 9.78 Å². The smallest absolute Gasteiger partial charge is 0.323 e. The molecule has 0 atom stereocenters. The highest BCUT2D eigenvalue weighted by molar-refractivity contribution is 5.91. The van der Waals surface area contributed by atoms with E-state index in [1.807, 2.05) is 18.2 Å². The van der Waals surface area contributed by atoms with Gasteiger partial charge in [-0.1, -0.05) is 12.1 Å². The van der Waals surface area contributed by atoms with Crippen molar-refractivity contribution in [1.29, 1.82) is 0 Å². The molecule has 0 saturated carbocycles. The van der Waals surface area contributed by atoms with E-state index < -0.39 is 18.5 Å². The van der Waals surface area contributed by atoms with Crippen molar-refractivity contribution in [2.24, 2.45) is 0 Å². The molecular weight excluding hydrogens is 224 g/mol. The molecule has 1 aromatic carbocycles. The van der Waals surface area contributed by atoms with Crippen LogP contribution in [0, 0.1) is 0 Å². The average Bonchev–Trinajstić information content (AvgIpc) is 2.68. The number of hydrogen-bond acceptors (Lipinski definition) is 3. The highest BCUT2D eigenvalue weighted by Crippen LogP contribution is 2.12. The van der Waals surface area contributed by atoms with E-state index in [1.165, 1.54) is 0 Å². The fourth-order valence-corrected chi connectivity index (χ4v) is 1.32. The number of carbonyl (C=O) groups excluding carboxylic acids is 1. The fourth-order valence-electron chi connectivity index (χ4n) is 1.32. The summed E-state index contributed by atoms with van der Waals surface area (Å²) in [5, 5.41) is 12.9. The van der Waals surface area contributed by atoms with Gasteiger partial charge >= 0.3 is 12.0 Å². The molecule has 1 aromatic heterocycles. The first-order chi connectivity index (χ1) is 8.15. The minimum atomic E-state index is -1.11. The summed E-state index contributed by atoms with van der Waals surface area (Å²) < 4.78 is 0. The Morgan fingerprint density at radius 2 is 2.12 bits per heavy atom. The van der Waals surface area contributed by atoms with Crippen LogP contribution in [-0.2, 0) is 4.79 Å². The van der Waals surface area contributed by atoms with Gasteiger partial charge in [-0.05, 0) is 12.1 Å². The maximum Gasteiger partial charge on any atom is 0.323 e. The maximum atomic E-state index is 11.2. The first-order valence-electron chi connectivity index (χ1n) is 4.86. The van der Waals surface area contributed by atoms with Gasteiger partial charge < -0.3 is 15.4 Å². The number of para-hydroxylation sites is 2. The lowest BCUT2D eigenvalue weighted by Gasteiger charge is -2.01. The molecule has 4 N–H and O–H groups in total. The Labute approximate surface area is 95.9 Å². The second kappa shape index (κ2) is 4.52. The Bertz CT molecular complexity index is 530. The van der Waals surface area contributed by atoms with Crippen LogP contribution in [0.3, 0.4) is 0 Å². The van der Waals surface area contributed by atoms with Crippen LogP contribution >= 0.6 is 0 Å². The van der Waals surface area contributed by atoms with E-state index in [-0.39, 0.29) is 5.95 Å². The quantitative estimate of drug-likeness (QED) is 0.629. The van der Waals surface area contributed by atoms with E-state index in [1.54, 1.807) is 6.07 Å². The Balaban J connectivity index is 2.03. The monoisotopic (exact) mass is 234 g/mol. The molecule has 2 aromatic rings. The summed E-state index contributed by atoms with van der Waals surface area (Å²) in [7, 11) is 0. The minimum Gasteiger partial charge on any atom is -0.480 e. The minimum absolute atomic E-state index is 0.272. The van der Waals surface area contributed by atoms with Crippen LogP contribution in [0.15, 0.2) is 24.3 Å². The molecule has 0 fully saturated rings. The molecule has 0 unspecified atom stereocenters. The predicted molar refractivity (Wildman–Crippen MR) is 60.8 cm³/mol. The number of nitrogens with one attached hydrogen (secondary N) is 3. The molecule has 2 amide bonds. The topological polar surface area (TPSA) is 107 Å². The molecule has 0 saturated heterocycles. The van der Waals surface area contributed by atoms with Crippen LogP contribution < -0.4 is 10.6 Å². The number of fused-ring (bicyclic) bond motifs is 1. The number of nitrogens with zero attached hydrogens (tertiary/aromatic N) is 1. The number of aliphatic carboxylic acids is 1. The third kappa shape index (κ3) is 2.71. The van der Waals surface area contributed by atoms with Gasteiger partial charge in [0.05, 0.1) is 11.0 Å². The maximum absolute atomic E-state index is 11.2. The number of urea groups is 1. The van der Waals surface area contributed by atoms with Gasteiger partial charge in [0.2, 0.25) is 5.95 Å². The Kier molecular flexibility index (Phi) is 2.91. The summed E-state index contributed by atoms with van der Waals surface area (Å²) >= 11 is 0. The summed E-state index contributed by atoms with van der Waals surface area (Å²) in [6.07, 6.45) is 0. The average molecular weight is 234 g/mol. The Morgan fingerprint density at radius 3 is 2.82 bits per heavy atom. The SMILES string of the molecule is O=C(O)CNC(=O)Nc1nc2ccccc2[nH]1. The van der Waals surface area contributed by atoms with E-state index >= 15 is 0 Å². The molecule has 17 heavy (non-hydrogen) atoms. The van der Waals surface area contributed by atoms with E-state index in [4.69, 9.17) is 5.11 Å². The summed E-state index contributed by atoms with van der Waals surface area (Å²) in [5.41, 5.74) is 1.52. The van der Waals surface area contributed by atoms with Crippen molar-refractivity contribution >= 4 is 29.0 Å². The van der Waals surface area contributed by atoms with Crippen LogP contribution in [0.25, 0.3) is 11.0 Å². The number of H-pyrrole nitrogens is 1. The first kappa shape index (κ1) is 10.9. The van der Waals surface area contributed by atoms with Gasteiger partial charge in [0.25, 0.3) is 0 Å². The number of carbonyl (C=O) groups is 2. The summed E-state index contributed by atoms with van der Waals surface area (Å²) in [6, 6.07) is 6.67. The van der Waals surface area contributed by atoms with Crippen molar-refractivity contribution in [3.05, 3.63) is 24.3 Å². The van der Waals surface area contributed by atoms with Gasteiger partial charge in [0.1, 0.15) is 6.54 Å². The predicted octanol–water partition coefficient (Wildman–Crippen LogP) is 0.769. The molecule has 2 rings (SSSR count). The number of rotatable bonds is 3. The lowest BCUT2D eigenvalue weighted by molar-refractivity contribution is -0.135. The zero-order valence-corrected chi connectivity index (χ0v) is 8.73. The zero-order chi connectivity index (χ0) is 12.3. The van der Waals surface area contributed by atoms with Gasteiger partial charge in [0, 0.05) is 0 Å². The molecule has 0 aliphatic heterocycles. The number of aromatic amines is 1. The normalized spacial score (nSPS) is 10.1. The zero-order valence-electron chi connectivity index (χ0n) is 8.73. The van der Waals surface area contributed by atoms with Gasteiger partial charge in [0.15, 0.2) is 0 Å². The number of amides is 2. The van der Waals surface area contributed by atoms with Crippen LogP contribution in [0.4, 0.5) is 10.7 Å². The van der Waals surface area contributed by atoms with Crippen molar-refractivity contribution in [1.82, 2.24) is 15.3 Å². The summed E-state index contributed by atoms with van der Waals surface area (Å²) in [6.45, 7) is -0.438. The summed E-state index contributed by atoms with van der Waals surface area (Å²) in [5.74, 6) is -0.834. The van der Waals surface area contributed by atoms with E-state index in [0.29, 0.717) is 0 Å². The molecule has 0 aliphatic carbocycles. The van der Waals surface area contributed by atoms with Crippen molar-refractivity contribution in [2.45, 2.75) is 0 Å². The molecule has 0 aliphatic rings. The molecule has 0 radical (unpaired) electrons. The number of imidazole rings is 1. The first-order valence-corrected chi connectivity index (χ1v) is 4.86. The largest absolute Gasteiger partial charge is 0.480 e. The lowest BCUT2D eigenvalue weighted by atomic mass is 10.3. The highest BCUT2D eigenvalue weighted by Gasteiger charge is 2.07. The summed E-state index contributed by atoms with van der Waals surface area (Å²) in [4.78, 5) is 28.5. The van der Waals surface area contributed by atoms with E-state index in [2.05, 4.69) is 20.6 Å². The van der Waals surface area contributed by atoms with Crippen LogP contribution in [0.2, 0.25) is 0 Å². The number of carboxylic acids is 1. The van der Waals surface area contributed by atoms with Gasteiger partial charge in [-0.15, -0.1) is 0 Å². The molecular formula is C10H10N4O3. The van der Waals surface area contributed by atoms with E-state index in [0.717, 1.165) is 11.0 Å². The number of benzene rings is 1. The molecule has 1 heterocycles. The second-order valence-corrected chi connectivity index (χ2v) is 3.30.